The molecule has 0 aliphatic heterocycles. The van der Waals surface area contributed by atoms with Crippen molar-refractivity contribution in [2.45, 2.75) is 51.1 Å². The normalized spacial score (nSPS) is 16.3. The maximum absolute atomic E-state index is 13.0. The van der Waals surface area contributed by atoms with E-state index in [4.69, 9.17) is 9.47 Å². The minimum atomic E-state index is -3.42. The molecule has 13 nitrogen and oxygen atoms in total. The summed E-state index contributed by atoms with van der Waals surface area (Å²) in [5, 5.41) is 41.2. The Labute approximate surface area is 187 Å². The van der Waals surface area contributed by atoms with Crippen molar-refractivity contribution >= 4 is 34.8 Å². The molecule has 1 rings (SSSR count). The van der Waals surface area contributed by atoms with Gasteiger partial charge in [0.05, 0.1) is 11.5 Å². The fourth-order valence-corrected chi connectivity index (χ4v) is 3.31. The SMILES string of the molecule is CC(=O)O[C@@](C(C)=O)(C(=O)C(C)=O)C(Oc1ccc([N+](=O)[O-])cc1)(C(C)=O)C(O)C(O)CO. The molecule has 0 aromatic heterocycles. The molecule has 13 heteroatoms. The molecule has 0 heterocycles. The van der Waals surface area contributed by atoms with Crippen LogP contribution in [0, 0.1) is 10.1 Å². The van der Waals surface area contributed by atoms with Crippen LogP contribution in [-0.4, -0.2) is 79.4 Å². The van der Waals surface area contributed by atoms with Gasteiger partial charge in [-0.2, -0.15) is 0 Å². The molecule has 0 saturated heterocycles. The molecule has 0 aliphatic rings. The average Bonchev–Trinajstić information content (AvgIpc) is 2.73. The Morgan fingerprint density at radius 2 is 1.52 bits per heavy atom. The van der Waals surface area contributed by atoms with Crippen LogP contribution in [0.5, 0.6) is 5.75 Å². The van der Waals surface area contributed by atoms with E-state index in [1.54, 1.807) is 0 Å². The number of nitro groups is 1. The van der Waals surface area contributed by atoms with Crippen LogP contribution in [0.1, 0.15) is 27.7 Å². The van der Waals surface area contributed by atoms with Gasteiger partial charge in [-0.15, -0.1) is 0 Å². The molecule has 3 unspecified atom stereocenters. The van der Waals surface area contributed by atoms with Crippen LogP contribution in [0.2, 0.25) is 0 Å². The first-order chi connectivity index (χ1) is 15.2. The summed E-state index contributed by atoms with van der Waals surface area (Å²) >= 11 is 0. The highest BCUT2D eigenvalue weighted by molar-refractivity contribution is 6.45. The van der Waals surface area contributed by atoms with Crippen LogP contribution in [0.3, 0.4) is 0 Å². The summed E-state index contributed by atoms with van der Waals surface area (Å²) in [6.45, 7) is 1.64. The number of nitro benzene ring substituents is 1. The smallest absolute Gasteiger partial charge is 0.304 e. The van der Waals surface area contributed by atoms with Crippen LogP contribution in [0.25, 0.3) is 0 Å². The summed E-state index contributed by atoms with van der Waals surface area (Å²) < 4.78 is 10.5. The molecule has 3 N–H and O–H groups in total. The summed E-state index contributed by atoms with van der Waals surface area (Å²) in [5.41, 5.74) is -7.12. The summed E-state index contributed by atoms with van der Waals surface area (Å²) in [5.74, 6) is -7.68. The fraction of sp³-hybridized carbons (Fsp3) is 0.450. The molecule has 180 valence electrons. The molecule has 0 amide bonds. The first kappa shape index (κ1) is 27.5. The lowest BCUT2D eigenvalue weighted by molar-refractivity contribution is -0.384. The first-order valence-corrected chi connectivity index (χ1v) is 9.36. The maximum Gasteiger partial charge on any atom is 0.304 e. The highest BCUT2D eigenvalue weighted by Crippen LogP contribution is 2.40. The number of aliphatic hydroxyl groups is 3. The molecule has 1 aromatic rings. The number of hydrogen-bond acceptors (Lipinski definition) is 12. The van der Waals surface area contributed by atoms with E-state index in [1.807, 2.05) is 0 Å². The van der Waals surface area contributed by atoms with E-state index >= 15 is 0 Å². The van der Waals surface area contributed by atoms with Gasteiger partial charge >= 0.3 is 5.97 Å². The van der Waals surface area contributed by atoms with Crippen LogP contribution >= 0.6 is 0 Å². The Bertz CT molecular complexity index is 972. The number of hydrogen-bond donors (Lipinski definition) is 3. The van der Waals surface area contributed by atoms with Gasteiger partial charge in [-0.1, -0.05) is 0 Å². The molecule has 1 aromatic carbocycles. The first-order valence-electron chi connectivity index (χ1n) is 9.36. The number of benzene rings is 1. The summed E-state index contributed by atoms with van der Waals surface area (Å²) in [6.07, 6.45) is -4.84. The number of aliphatic hydroxyl groups excluding tert-OH is 3. The minimum absolute atomic E-state index is 0.413. The Balaban J connectivity index is 4.10. The number of nitrogens with zero attached hydrogens (tertiary/aromatic N) is 1. The lowest BCUT2D eigenvalue weighted by Gasteiger charge is -2.47. The second-order valence-electron chi connectivity index (χ2n) is 7.06. The van der Waals surface area contributed by atoms with Crippen molar-refractivity contribution in [1.29, 1.82) is 0 Å². The second kappa shape index (κ2) is 10.4. The van der Waals surface area contributed by atoms with Crippen LogP contribution in [-0.2, 0) is 28.7 Å². The van der Waals surface area contributed by atoms with Crippen molar-refractivity contribution in [3.63, 3.8) is 0 Å². The van der Waals surface area contributed by atoms with E-state index in [1.165, 1.54) is 0 Å². The van der Waals surface area contributed by atoms with E-state index in [9.17, 15) is 49.4 Å². The molecule has 0 radical (unpaired) electrons. The molecule has 0 fully saturated rings. The maximum atomic E-state index is 13.0. The number of ether oxygens (including phenoxy) is 2. The third-order valence-electron chi connectivity index (χ3n) is 4.77. The predicted molar refractivity (Wildman–Crippen MR) is 107 cm³/mol. The van der Waals surface area contributed by atoms with E-state index in [0.29, 0.717) is 20.8 Å². The zero-order valence-corrected chi connectivity index (χ0v) is 18.1. The number of ketones is 4. The van der Waals surface area contributed by atoms with Gasteiger partial charge in [0.2, 0.25) is 5.60 Å². The number of esters is 1. The number of Topliss-reactive ketones (excluding diaryl/α,β-unsaturated/α-hetero) is 4. The van der Waals surface area contributed by atoms with Gasteiger partial charge in [-0.05, 0) is 26.0 Å². The molecule has 4 atom stereocenters. The van der Waals surface area contributed by atoms with Crippen molar-refractivity contribution in [3.05, 3.63) is 34.4 Å². The minimum Gasteiger partial charge on any atom is -0.471 e. The van der Waals surface area contributed by atoms with E-state index < -0.39 is 75.5 Å². The van der Waals surface area contributed by atoms with Gasteiger partial charge in [-0.3, -0.25) is 34.1 Å². The number of non-ortho nitro benzene ring substituents is 1. The third-order valence-corrected chi connectivity index (χ3v) is 4.77. The summed E-state index contributed by atoms with van der Waals surface area (Å²) in [6, 6.07) is 3.71. The van der Waals surface area contributed by atoms with Crippen LogP contribution < -0.4 is 4.74 Å². The molecule has 0 spiro atoms. The quantitative estimate of drug-likeness (QED) is 0.111. The van der Waals surface area contributed by atoms with Crippen LogP contribution in [0.4, 0.5) is 5.69 Å². The Hall–Kier alpha value is -3.55. The number of carbonyl (C=O) groups excluding carboxylic acids is 5. The van der Waals surface area contributed by atoms with Crippen molar-refractivity contribution in [3.8, 4) is 5.75 Å². The Morgan fingerprint density at radius 3 is 1.85 bits per heavy atom. The van der Waals surface area contributed by atoms with E-state index in [0.717, 1.165) is 31.2 Å². The van der Waals surface area contributed by atoms with Gasteiger partial charge < -0.3 is 24.8 Å². The Kier molecular flexibility index (Phi) is 8.64. The highest BCUT2D eigenvalue weighted by atomic mass is 16.6. The van der Waals surface area contributed by atoms with Gasteiger partial charge in [0.1, 0.15) is 18.0 Å². The Morgan fingerprint density at radius 1 is 1.00 bits per heavy atom. The predicted octanol–water partition coefficient (Wildman–Crippen LogP) is -0.935. The molecular formula is C20H23NO12. The van der Waals surface area contributed by atoms with Gasteiger partial charge in [0.15, 0.2) is 17.3 Å². The summed E-state index contributed by atoms with van der Waals surface area (Å²) in [7, 11) is 0. The third kappa shape index (κ3) is 4.94. The molecular weight excluding hydrogens is 446 g/mol. The number of carbonyl (C=O) groups is 5. The second-order valence-corrected chi connectivity index (χ2v) is 7.06. The molecule has 33 heavy (non-hydrogen) atoms. The highest BCUT2D eigenvalue weighted by Gasteiger charge is 2.73. The van der Waals surface area contributed by atoms with Gasteiger partial charge in [0, 0.05) is 26.0 Å². The topological polar surface area (TPSA) is 208 Å². The van der Waals surface area contributed by atoms with Crippen molar-refractivity contribution < 1.29 is 53.7 Å². The fourth-order valence-electron chi connectivity index (χ4n) is 3.31. The zero-order chi connectivity index (χ0) is 25.7. The average molecular weight is 469 g/mol. The standard InChI is InChI=1S/C20H23NO12/c1-10(23)17(28)19(11(2)24,32-13(4)26)20(12(3)25,18(29)16(27)9-22)33-15-7-5-14(6-8-15)21(30)31/h5-8,16,18,22,27,29H,9H2,1-4H3/t16?,18?,19-,20?/m0/s1. The zero-order valence-electron chi connectivity index (χ0n) is 18.1. The van der Waals surface area contributed by atoms with E-state index in [-0.39, 0.29) is 0 Å². The van der Waals surface area contributed by atoms with Crippen molar-refractivity contribution in [1.82, 2.24) is 0 Å². The largest absolute Gasteiger partial charge is 0.471 e. The van der Waals surface area contributed by atoms with Crippen molar-refractivity contribution in [2.24, 2.45) is 0 Å². The molecule has 0 bridgehead atoms. The van der Waals surface area contributed by atoms with Crippen LogP contribution in [0.15, 0.2) is 24.3 Å². The van der Waals surface area contributed by atoms with Gasteiger partial charge in [0.25, 0.3) is 17.1 Å². The molecule has 0 saturated carbocycles. The van der Waals surface area contributed by atoms with Crippen molar-refractivity contribution in [2.75, 3.05) is 6.61 Å². The summed E-state index contributed by atoms with van der Waals surface area (Å²) in [4.78, 5) is 72.9. The number of rotatable bonds is 12. The lowest BCUT2D eigenvalue weighted by atomic mass is 9.68. The molecule has 0 aliphatic carbocycles. The monoisotopic (exact) mass is 469 g/mol. The lowest BCUT2D eigenvalue weighted by Crippen LogP contribution is -2.78. The van der Waals surface area contributed by atoms with E-state index in [2.05, 4.69) is 0 Å². The van der Waals surface area contributed by atoms with Gasteiger partial charge in [-0.25, -0.2) is 0 Å².